The summed E-state index contributed by atoms with van der Waals surface area (Å²) < 4.78 is 75.6. The molecule has 27 heavy (non-hydrogen) atoms. The predicted molar refractivity (Wildman–Crippen MR) is 86.4 cm³/mol. The summed E-state index contributed by atoms with van der Waals surface area (Å²) in [6, 6.07) is 8.30. The Kier molecular flexibility index (Phi) is 6.98. The van der Waals surface area contributed by atoms with Crippen molar-refractivity contribution in [3.05, 3.63) is 65.5 Å². The van der Waals surface area contributed by atoms with Gasteiger partial charge in [0.05, 0.1) is 0 Å². The van der Waals surface area contributed by atoms with Crippen LogP contribution in [0.1, 0.15) is 17.2 Å². The quantitative estimate of drug-likeness (QED) is 0.698. The Morgan fingerprint density at radius 3 is 2.41 bits per heavy atom. The zero-order valence-corrected chi connectivity index (χ0v) is 13.9. The first-order valence-electron chi connectivity index (χ1n) is 7.83. The van der Waals surface area contributed by atoms with E-state index in [-0.39, 0.29) is 19.0 Å². The van der Waals surface area contributed by atoms with E-state index in [2.05, 4.69) is 0 Å². The van der Waals surface area contributed by atoms with Crippen LogP contribution in [0.2, 0.25) is 0 Å². The maximum absolute atomic E-state index is 14.1. The van der Waals surface area contributed by atoms with E-state index in [4.69, 9.17) is 9.47 Å². The van der Waals surface area contributed by atoms with Gasteiger partial charge < -0.3 is 14.8 Å². The molecule has 2 rings (SSSR count). The smallest absolute Gasteiger partial charge is 0.413 e. The number of rotatable bonds is 7. The second kappa shape index (κ2) is 9.20. The van der Waals surface area contributed by atoms with Crippen LogP contribution < -0.4 is 10.1 Å². The number of hydrogen-bond acceptors (Lipinski definition) is 3. The van der Waals surface area contributed by atoms with E-state index in [1.54, 1.807) is 35.6 Å². The third kappa shape index (κ3) is 6.12. The number of carbonyl (C=O) groups is 1. The summed E-state index contributed by atoms with van der Waals surface area (Å²) in [4.78, 5) is 11.7. The van der Waals surface area contributed by atoms with Gasteiger partial charge in [0.2, 0.25) is 0 Å². The van der Waals surface area contributed by atoms with Crippen LogP contribution in [0.15, 0.2) is 48.5 Å². The summed E-state index contributed by atoms with van der Waals surface area (Å²) >= 11 is 0. The van der Waals surface area contributed by atoms with Gasteiger partial charge in [0.1, 0.15) is 31.5 Å². The molecule has 0 spiro atoms. The van der Waals surface area contributed by atoms with E-state index in [1.807, 2.05) is 0 Å². The zero-order valence-electron chi connectivity index (χ0n) is 13.9. The van der Waals surface area contributed by atoms with Crippen molar-refractivity contribution in [3.63, 3.8) is 0 Å². The number of hydrogen-bond donors (Lipinski definition) is 1. The second-order valence-electron chi connectivity index (χ2n) is 5.40. The lowest BCUT2D eigenvalue weighted by molar-refractivity contribution is -0.156. The monoisotopic (exact) mass is 389 g/mol. The summed E-state index contributed by atoms with van der Waals surface area (Å²) in [6.45, 7) is -1.43. The largest absolute Gasteiger partial charge is 0.491 e. The molecular formula is C18H16F5NO3. The van der Waals surface area contributed by atoms with Crippen LogP contribution in [0, 0.1) is 5.82 Å². The number of alkyl carbamates (subject to hydrolysis) is 1. The summed E-state index contributed by atoms with van der Waals surface area (Å²) in [5, 5.41) is 1.62. The maximum Gasteiger partial charge on any atom is 0.413 e. The van der Waals surface area contributed by atoms with E-state index in [1.165, 1.54) is 0 Å². The molecule has 2 aromatic carbocycles. The van der Waals surface area contributed by atoms with Crippen LogP contribution in [-0.4, -0.2) is 25.6 Å². The molecule has 0 aliphatic heterocycles. The molecule has 0 aliphatic carbocycles. The third-order valence-electron chi connectivity index (χ3n) is 3.43. The minimum absolute atomic E-state index is 0.124. The second-order valence-corrected chi connectivity index (χ2v) is 5.40. The number of nitrogens with one attached hydrogen (secondary N) is 1. The number of halogens is 5. The van der Waals surface area contributed by atoms with Crippen molar-refractivity contribution < 1.29 is 36.2 Å². The first-order chi connectivity index (χ1) is 12.8. The molecule has 0 unspecified atom stereocenters. The highest BCUT2D eigenvalue weighted by atomic mass is 19.4. The number of ether oxygens (including phenoxy) is 2. The highest BCUT2D eigenvalue weighted by molar-refractivity contribution is 5.68. The molecule has 0 fully saturated rings. The number of alkyl halides is 4. The van der Waals surface area contributed by atoms with Gasteiger partial charge in [-0.15, -0.1) is 0 Å². The molecule has 4 nitrogen and oxygen atoms in total. The summed E-state index contributed by atoms with van der Waals surface area (Å²) in [5.41, 5.74) is -0.233. The van der Waals surface area contributed by atoms with Gasteiger partial charge in [-0.2, -0.15) is 13.2 Å². The van der Waals surface area contributed by atoms with Crippen molar-refractivity contribution >= 4 is 6.09 Å². The molecule has 2 aromatic rings. The topological polar surface area (TPSA) is 47.6 Å². The van der Waals surface area contributed by atoms with Crippen molar-refractivity contribution in [1.82, 2.24) is 5.32 Å². The first-order valence-corrected chi connectivity index (χ1v) is 7.83. The van der Waals surface area contributed by atoms with Gasteiger partial charge in [-0.05, 0) is 11.6 Å². The van der Waals surface area contributed by atoms with E-state index in [9.17, 15) is 26.7 Å². The van der Waals surface area contributed by atoms with Gasteiger partial charge in [0.25, 0.3) is 0 Å². The van der Waals surface area contributed by atoms with Crippen LogP contribution in [-0.2, 0) is 11.3 Å². The fourth-order valence-electron chi connectivity index (χ4n) is 2.21. The van der Waals surface area contributed by atoms with Gasteiger partial charge in [-0.1, -0.05) is 36.4 Å². The van der Waals surface area contributed by atoms with Crippen LogP contribution >= 0.6 is 0 Å². The Bertz CT molecular complexity index is 752. The Labute approximate surface area is 151 Å². The fourth-order valence-corrected chi connectivity index (χ4v) is 2.21. The SMILES string of the molecule is O=C(N[C@H](c1ccc(OCCF)cc1F)C(F)(F)F)OCc1ccccc1. The molecule has 0 saturated heterocycles. The van der Waals surface area contributed by atoms with Gasteiger partial charge >= 0.3 is 12.3 Å². The van der Waals surface area contributed by atoms with Crippen molar-refractivity contribution in [2.24, 2.45) is 0 Å². The number of benzene rings is 2. The average Bonchev–Trinajstić information content (AvgIpc) is 2.63. The van der Waals surface area contributed by atoms with E-state index in [0.29, 0.717) is 11.6 Å². The number of carbonyl (C=O) groups excluding carboxylic acids is 1. The molecule has 0 bridgehead atoms. The predicted octanol–water partition coefficient (Wildman–Crippen LogP) is 4.70. The fraction of sp³-hybridized carbons (Fsp3) is 0.278. The lowest BCUT2D eigenvalue weighted by atomic mass is 10.1. The van der Waals surface area contributed by atoms with Crippen molar-refractivity contribution in [2.45, 2.75) is 18.8 Å². The lowest BCUT2D eigenvalue weighted by Crippen LogP contribution is -2.38. The molecule has 1 atom stereocenters. The van der Waals surface area contributed by atoms with Crippen LogP contribution in [0.25, 0.3) is 0 Å². The Balaban J connectivity index is 2.10. The lowest BCUT2D eigenvalue weighted by Gasteiger charge is -2.22. The summed E-state index contributed by atoms with van der Waals surface area (Å²) in [7, 11) is 0. The first kappa shape index (κ1) is 20.5. The van der Waals surface area contributed by atoms with Gasteiger partial charge in [-0.3, -0.25) is 0 Å². The van der Waals surface area contributed by atoms with Crippen molar-refractivity contribution in [2.75, 3.05) is 13.3 Å². The zero-order chi connectivity index (χ0) is 19.9. The molecule has 0 aromatic heterocycles. The normalized spacial score (nSPS) is 12.3. The summed E-state index contributed by atoms with van der Waals surface area (Å²) in [6.07, 6.45) is -6.31. The minimum atomic E-state index is -4.96. The Hall–Kier alpha value is -2.84. The highest BCUT2D eigenvalue weighted by Crippen LogP contribution is 2.35. The molecular weight excluding hydrogens is 373 g/mol. The molecule has 0 aliphatic rings. The van der Waals surface area contributed by atoms with E-state index >= 15 is 0 Å². The standard InChI is InChI=1S/C18H16F5NO3/c19-8-9-26-13-6-7-14(15(20)10-13)16(18(21,22)23)24-17(25)27-11-12-4-2-1-3-5-12/h1-7,10,16H,8-9,11H2,(H,24,25)/t16-/m1/s1. The van der Waals surface area contributed by atoms with Gasteiger partial charge in [0.15, 0.2) is 6.04 Å². The molecule has 0 saturated carbocycles. The van der Waals surface area contributed by atoms with Gasteiger partial charge in [-0.25, -0.2) is 13.6 Å². The van der Waals surface area contributed by atoms with E-state index in [0.717, 1.165) is 12.1 Å². The van der Waals surface area contributed by atoms with Crippen LogP contribution in [0.3, 0.4) is 0 Å². The molecule has 1 N–H and O–H groups in total. The maximum atomic E-state index is 14.1. The molecule has 146 valence electrons. The average molecular weight is 389 g/mol. The van der Waals surface area contributed by atoms with Crippen LogP contribution in [0.5, 0.6) is 5.75 Å². The highest BCUT2D eigenvalue weighted by Gasteiger charge is 2.43. The third-order valence-corrected chi connectivity index (χ3v) is 3.43. The number of amides is 1. The van der Waals surface area contributed by atoms with Crippen molar-refractivity contribution in [1.29, 1.82) is 0 Å². The molecule has 1 amide bonds. The molecule has 0 heterocycles. The van der Waals surface area contributed by atoms with Gasteiger partial charge in [0, 0.05) is 11.6 Å². The molecule has 0 radical (unpaired) electrons. The van der Waals surface area contributed by atoms with Crippen LogP contribution in [0.4, 0.5) is 26.7 Å². The summed E-state index contributed by atoms with van der Waals surface area (Å²) in [5.74, 6) is -1.38. The van der Waals surface area contributed by atoms with Crippen molar-refractivity contribution in [3.8, 4) is 5.75 Å². The minimum Gasteiger partial charge on any atom is -0.491 e. The Morgan fingerprint density at radius 2 is 1.81 bits per heavy atom. The molecule has 9 heteroatoms. The Morgan fingerprint density at radius 1 is 1.11 bits per heavy atom. The van der Waals surface area contributed by atoms with E-state index < -0.39 is 36.4 Å².